The van der Waals surface area contributed by atoms with Gasteiger partial charge in [0, 0.05) is 29.2 Å². The summed E-state index contributed by atoms with van der Waals surface area (Å²) in [6.07, 6.45) is 0. The van der Waals surface area contributed by atoms with Crippen LogP contribution in [0, 0.1) is 6.92 Å². The summed E-state index contributed by atoms with van der Waals surface area (Å²) in [6.45, 7) is 2.43. The molecule has 0 aliphatic rings. The number of hydrogen-bond donors (Lipinski definition) is 1. The fourth-order valence-corrected chi connectivity index (χ4v) is 2.41. The van der Waals surface area contributed by atoms with Crippen molar-refractivity contribution < 1.29 is 4.42 Å². The number of nitrogens with one attached hydrogen (secondary N) is 1. The number of rotatable bonds is 3. The van der Waals surface area contributed by atoms with Gasteiger partial charge < -0.3 is 9.73 Å². The molecule has 0 spiro atoms. The molecular formula is C15H12Cl2N2O. The number of halogens is 2. The highest BCUT2D eigenvalue weighted by atomic mass is 35.5. The van der Waals surface area contributed by atoms with Gasteiger partial charge in [-0.3, -0.25) is 0 Å². The number of aromatic nitrogens is 1. The van der Waals surface area contributed by atoms with E-state index in [9.17, 15) is 0 Å². The molecular weight excluding hydrogens is 295 g/mol. The zero-order valence-electron chi connectivity index (χ0n) is 10.8. The van der Waals surface area contributed by atoms with Crippen LogP contribution in [0.5, 0.6) is 0 Å². The summed E-state index contributed by atoms with van der Waals surface area (Å²) >= 11 is 12.1. The van der Waals surface area contributed by atoms with Crippen LogP contribution in [-0.2, 0) is 6.54 Å². The largest absolute Gasteiger partial charge is 0.441 e. The van der Waals surface area contributed by atoms with Crippen LogP contribution in [0.3, 0.4) is 0 Å². The molecule has 2 aromatic carbocycles. The monoisotopic (exact) mass is 306 g/mol. The number of oxazole rings is 1. The summed E-state index contributed by atoms with van der Waals surface area (Å²) < 4.78 is 5.44. The maximum absolute atomic E-state index is 6.13. The Balaban J connectivity index is 1.80. The molecule has 0 bridgehead atoms. The second kappa shape index (κ2) is 5.35. The summed E-state index contributed by atoms with van der Waals surface area (Å²) in [6, 6.07) is 11.2. The fraction of sp³-hybridized carbons (Fsp3) is 0.133. The lowest BCUT2D eigenvalue weighted by Crippen LogP contribution is -1.99. The first kappa shape index (κ1) is 13.3. The predicted octanol–water partition coefficient (Wildman–Crippen LogP) is 5.06. The molecule has 0 unspecified atom stereocenters. The van der Waals surface area contributed by atoms with E-state index in [1.807, 2.05) is 31.2 Å². The Labute approximate surface area is 126 Å². The average Bonchev–Trinajstić information content (AvgIpc) is 2.79. The molecule has 3 nitrogen and oxygen atoms in total. The van der Waals surface area contributed by atoms with Crippen LogP contribution in [0.15, 0.2) is 40.8 Å². The maximum Gasteiger partial charge on any atom is 0.192 e. The van der Waals surface area contributed by atoms with E-state index in [0.29, 0.717) is 22.5 Å². The number of nitrogens with zero attached hydrogens (tertiary/aromatic N) is 1. The van der Waals surface area contributed by atoms with E-state index in [4.69, 9.17) is 27.6 Å². The lowest BCUT2D eigenvalue weighted by molar-refractivity contribution is 0.561. The van der Waals surface area contributed by atoms with Crippen LogP contribution in [0.4, 0.5) is 5.69 Å². The molecule has 1 heterocycles. The summed E-state index contributed by atoms with van der Waals surface area (Å²) in [5.41, 5.74) is 3.54. The summed E-state index contributed by atoms with van der Waals surface area (Å²) in [4.78, 5) is 4.31. The molecule has 102 valence electrons. The van der Waals surface area contributed by atoms with Gasteiger partial charge in [-0.05, 0) is 42.0 Å². The highest BCUT2D eigenvalue weighted by molar-refractivity contribution is 6.33. The van der Waals surface area contributed by atoms with Crippen molar-refractivity contribution in [2.75, 3.05) is 5.32 Å². The standard InChI is InChI=1S/C15H12Cl2N2O/c1-9-19-14-7-12(3-5-15(14)20-9)18-8-10-6-11(16)2-4-13(10)17/h2-7,18H,8H2,1H3. The summed E-state index contributed by atoms with van der Waals surface area (Å²) in [5.74, 6) is 0.662. The van der Waals surface area contributed by atoms with Crippen molar-refractivity contribution in [2.24, 2.45) is 0 Å². The van der Waals surface area contributed by atoms with Crippen molar-refractivity contribution in [3.05, 3.63) is 57.9 Å². The SMILES string of the molecule is Cc1nc2cc(NCc3cc(Cl)ccc3Cl)ccc2o1. The first-order valence-corrected chi connectivity index (χ1v) is 6.92. The molecule has 1 N–H and O–H groups in total. The molecule has 0 aliphatic carbocycles. The van der Waals surface area contributed by atoms with Crippen LogP contribution in [-0.4, -0.2) is 4.98 Å². The van der Waals surface area contributed by atoms with Gasteiger partial charge in [0.15, 0.2) is 11.5 Å². The molecule has 0 atom stereocenters. The van der Waals surface area contributed by atoms with E-state index >= 15 is 0 Å². The first-order chi connectivity index (χ1) is 9.61. The summed E-state index contributed by atoms with van der Waals surface area (Å²) in [5, 5.41) is 4.68. The van der Waals surface area contributed by atoms with Crippen molar-refractivity contribution in [1.82, 2.24) is 4.98 Å². The topological polar surface area (TPSA) is 38.1 Å². The van der Waals surface area contributed by atoms with E-state index in [1.54, 1.807) is 12.1 Å². The molecule has 3 aromatic rings. The predicted molar refractivity (Wildman–Crippen MR) is 82.5 cm³/mol. The van der Waals surface area contributed by atoms with Crippen molar-refractivity contribution in [2.45, 2.75) is 13.5 Å². The highest BCUT2D eigenvalue weighted by Crippen LogP contribution is 2.23. The van der Waals surface area contributed by atoms with Crippen LogP contribution >= 0.6 is 23.2 Å². The van der Waals surface area contributed by atoms with Crippen LogP contribution in [0.2, 0.25) is 10.0 Å². The molecule has 5 heteroatoms. The third kappa shape index (κ3) is 2.74. The van der Waals surface area contributed by atoms with Gasteiger partial charge >= 0.3 is 0 Å². The van der Waals surface area contributed by atoms with Gasteiger partial charge in [-0.1, -0.05) is 23.2 Å². The minimum atomic E-state index is 0.599. The molecule has 0 saturated heterocycles. The Bertz CT molecular complexity index is 768. The van der Waals surface area contributed by atoms with Crippen LogP contribution in [0.1, 0.15) is 11.5 Å². The Hall–Kier alpha value is -1.71. The van der Waals surface area contributed by atoms with E-state index in [1.165, 1.54) is 0 Å². The van der Waals surface area contributed by atoms with Crippen molar-refractivity contribution in [3.8, 4) is 0 Å². The minimum absolute atomic E-state index is 0.599. The Morgan fingerprint density at radius 1 is 1.15 bits per heavy atom. The smallest absolute Gasteiger partial charge is 0.192 e. The van der Waals surface area contributed by atoms with Gasteiger partial charge in [0.25, 0.3) is 0 Å². The minimum Gasteiger partial charge on any atom is -0.441 e. The molecule has 3 rings (SSSR count). The van der Waals surface area contributed by atoms with Crippen molar-refractivity contribution >= 4 is 40.0 Å². The second-order valence-electron chi connectivity index (χ2n) is 4.50. The average molecular weight is 307 g/mol. The zero-order chi connectivity index (χ0) is 14.1. The van der Waals surface area contributed by atoms with E-state index in [0.717, 1.165) is 22.4 Å². The van der Waals surface area contributed by atoms with Crippen molar-refractivity contribution in [1.29, 1.82) is 0 Å². The number of anilines is 1. The molecule has 0 amide bonds. The molecule has 0 aliphatic heterocycles. The number of fused-ring (bicyclic) bond motifs is 1. The van der Waals surface area contributed by atoms with E-state index in [-0.39, 0.29) is 0 Å². The number of benzene rings is 2. The Morgan fingerprint density at radius 3 is 2.85 bits per heavy atom. The third-order valence-electron chi connectivity index (χ3n) is 2.99. The zero-order valence-corrected chi connectivity index (χ0v) is 12.3. The van der Waals surface area contributed by atoms with Gasteiger partial charge in [-0.15, -0.1) is 0 Å². The summed E-state index contributed by atoms with van der Waals surface area (Å²) in [7, 11) is 0. The van der Waals surface area contributed by atoms with E-state index < -0.39 is 0 Å². The van der Waals surface area contributed by atoms with Crippen molar-refractivity contribution in [3.63, 3.8) is 0 Å². The number of aryl methyl sites for hydroxylation is 1. The van der Waals surface area contributed by atoms with Crippen LogP contribution in [0.25, 0.3) is 11.1 Å². The number of hydrogen-bond acceptors (Lipinski definition) is 3. The fourth-order valence-electron chi connectivity index (χ4n) is 2.03. The molecule has 0 saturated carbocycles. The van der Waals surface area contributed by atoms with Gasteiger partial charge in [0.2, 0.25) is 0 Å². The normalized spacial score (nSPS) is 10.9. The van der Waals surface area contributed by atoms with Gasteiger partial charge in [0.05, 0.1) is 0 Å². The maximum atomic E-state index is 6.13. The van der Waals surface area contributed by atoms with Gasteiger partial charge in [0.1, 0.15) is 5.52 Å². The van der Waals surface area contributed by atoms with Gasteiger partial charge in [-0.2, -0.15) is 0 Å². The second-order valence-corrected chi connectivity index (χ2v) is 5.35. The molecule has 1 aromatic heterocycles. The Kier molecular flexibility index (Phi) is 3.55. The quantitative estimate of drug-likeness (QED) is 0.735. The Morgan fingerprint density at radius 2 is 2.00 bits per heavy atom. The lowest BCUT2D eigenvalue weighted by atomic mass is 10.2. The molecule has 0 radical (unpaired) electrons. The molecule has 0 fully saturated rings. The highest BCUT2D eigenvalue weighted by Gasteiger charge is 2.05. The first-order valence-electron chi connectivity index (χ1n) is 6.17. The third-order valence-corrected chi connectivity index (χ3v) is 3.59. The van der Waals surface area contributed by atoms with E-state index in [2.05, 4.69) is 10.3 Å². The van der Waals surface area contributed by atoms with Crippen LogP contribution < -0.4 is 5.32 Å². The molecule has 20 heavy (non-hydrogen) atoms. The van der Waals surface area contributed by atoms with Gasteiger partial charge in [-0.25, -0.2) is 4.98 Å². The lowest BCUT2D eigenvalue weighted by Gasteiger charge is -2.08.